The van der Waals surface area contributed by atoms with Gasteiger partial charge in [0, 0.05) is 6.07 Å². The minimum atomic E-state index is -0.232. The second-order valence-corrected chi connectivity index (χ2v) is 5.19. The first-order valence-electron chi connectivity index (χ1n) is 5.80. The van der Waals surface area contributed by atoms with Crippen LogP contribution in [0.2, 0.25) is 0 Å². The molecule has 0 unspecified atom stereocenters. The molecule has 20 heavy (non-hydrogen) atoms. The van der Waals surface area contributed by atoms with E-state index < -0.39 is 0 Å². The molecule has 0 atom stereocenters. The lowest BCUT2D eigenvalue weighted by Gasteiger charge is -2.01. The van der Waals surface area contributed by atoms with Gasteiger partial charge in [-0.3, -0.25) is 4.79 Å². The number of rotatable bonds is 1. The van der Waals surface area contributed by atoms with Crippen LogP contribution in [0, 0.1) is 0 Å². The van der Waals surface area contributed by atoms with E-state index in [1.165, 1.54) is 24.3 Å². The molecule has 1 heterocycles. The highest BCUT2D eigenvalue weighted by Gasteiger charge is 2.27. The summed E-state index contributed by atoms with van der Waals surface area (Å²) in [4.78, 5) is 12.1. The molecule has 0 radical (unpaired) electrons. The van der Waals surface area contributed by atoms with E-state index in [0.717, 1.165) is 5.56 Å². The number of carbonyl (C=O) groups excluding carboxylic acids is 1. The summed E-state index contributed by atoms with van der Waals surface area (Å²) in [5.41, 5.74) is 1.14. The van der Waals surface area contributed by atoms with E-state index in [1.54, 1.807) is 18.2 Å². The third kappa shape index (κ3) is 2.16. The maximum Gasteiger partial charge on any atom is 0.231 e. The summed E-state index contributed by atoms with van der Waals surface area (Å²) >= 11 is 3.21. The van der Waals surface area contributed by atoms with Crippen LogP contribution in [0.25, 0.3) is 6.08 Å². The number of carbonyl (C=O) groups is 1. The number of ketones is 1. The molecule has 2 aromatic carbocycles. The predicted molar refractivity (Wildman–Crippen MR) is 76.8 cm³/mol. The largest absolute Gasteiger partial charge is 0.508 e. The lowest BCUT2D eigenvalue weighted by atomic mass is 10.1. The van der Waals surface area contributed by atoms with Gasteiger partial charge in [-0.2, -0.15) is 0 Å². The van der Waals surface area contributed by atoms with Crippen LogP contribution >= 0.6 is 15.9 Å². The van der Waals surface area contributed by atoms with Crippen molar-refractivity contribution in [2.24, 2.45) is 0 Å². The summed E-state index contributed by atoms with van der Waals surface area (Å²) in [5, 5.41) is 18.8. The molecule has 3 rings (SSSR count). The minimum absolute atomic E-state index is 0.0465. The van der Waals surface area contributed by atoms with Crippen LogP contribution in [-0.2, 0) is 0 Å². The molecule has 0 amide bonds. The fraction of sp³-hybridized carbons (Fsp3) is 0. The first-order valence-corrected chi connectivity index (χ1v) is 6.59. The van der Waals surface area contributed by atoms with Gasteiger partial charge in [0.1, 0.15) is 17.2 Å². The first-order chi connectivity index (χ1) is 9.54. The predicted octanol–water partition coefficient (Wildman–Crippen LogP) is 3.48. The van der Waals surface area contributed by atoms with Crippen molar-refractivity contribution in [3.05, 3.63) is 57.8 Å². The number of halogens is 1. The van der Waals surface area contributed by atoms with Crippen LogP contribution < -0.4 is 4.74 Å². The highest BCUT2D eigenvalue weighted by Crippen LogP contribution is 2.35. The van der Waals surface area contributed by atoms with Gasteiger partial charge in [0.15, 0.2) is 5.76 Å². The van der Waals surface area contributed by atoms with Crippen LogP contribution in [0.3, 0.4) is 0 Å². The Hall–Kier alpha value is -2.27. The lowest BCUT2D eigenvalue weighted by Crippen LogP contribution is -1.97. The van der Waals surface area contributed by atoms with Crippen molar-refractivity contribution in [2.75, 3.05) is 0 Å². The zero-order valence-electron chi connectivity index (χ0n) is 10.1. The third-order valence-electron chi connectivity index (χ3n) is 2.92. The summed E-state index contributed by atoms with van der Waals surface area (Å²) < 4.78 is 5.98. The summed E-state index contributed by atoms with van der Waals surface area (Å²) in [6.07, 6.45) is 1.59. The van der Waals surface area contributed by atoms with E-state index >= 15 is 0 Å². The summed E-state index contributed by atoms with van der Waals surface area (Å²) in [7, 11) is 0. The van der Waals surface area contributed by atoms with Crippen LogP contribution in [0.5, 0.6) is 17.2 Å². The third-order valence-corrected chi connectivity index (χ3v) is 3.56. The van der Waals surface area contributed by atoms with E-state index in [-0.39, 0.29) is 23.0 Å². The lowest BCUT2D eigenvalue weighted by molar-refractivity contribution is 0.101. The number of allylic oxidation sites excluding steroid dienone is 1. The molecule has 0 saturated carbocycles. The Balaban J connectivity index is 1.99. The summed E-state index contributed by atoms with van der Waals surface area (Å²) in [6.45, 7) is 0. The van der Waals surface area contributed by atoms with Crippen molar-refractivity contribution in [3.8, 4) is 17.2 Å². The molecule has 0 bridgehead atoms. The average molecular weight is 333 g/mol. The second kappa shape index (κ2) is 4.68. The number of aromatic hydroxyl groups is 2. The van der Waals surface area contributed by atoms with Crippen LogP contribution in [0.1, 0.15) is 15.9 Å². The molecule has 2 N–H and O–H groups in total. The minimum Gasteiger partial charge on any atom is -0.508 e. The molecule has 0 saturated heterocycles. The Morgan fingerprint density at radius 2 is 1.90 bits per heavy atom. The first kappa shape index (κ1) is 12.7. The van der Waals surface area contributed by atoms with Crippen molar-refractivity contribution in [1.82, 2.24) is 0 Å². The van der Waals surface area contributed by atoms with Crippen LogP contribution in [0.15, 0.2) is 46.6 Å². The molecule has 1 aliphatic heterocycles. The van der Waals surface area contributed by atoms with Crippen molar-refractivity contribution in [3.63, 3.8) is 0 Å². The molecule has 2 aromatic rings. The number of fused-ring (bicyclic) bond motifs is 1. The monoisotopic (exact) mass is 332 g/mol. The van der Waals surface area contributed by atoms with Gasteiger partial charge in [-0.05, 0) is 51.8 Å². The van der Waals surface area contributed by atoms with Crippen LogP contribution in [0.4, 0.5) is 0 Å². The van der Waals surface area contributed by atoms with Crippen LogP contribution in [-0.4, -0.2) is 16.0 Å². The van der Waals surface area contributed by atoms with Gasteiger partial charge >= 0.3 is 0 Å². The summed E-state index contributed by atoms with van der Waals surface area (Å²) in [6, 6.07) is 9.25. The Morgan fingerprint density at radius 3 is 2.65 bits per heavy atom. The number of hydrogen-bond donors (Lipinski definition) is 2. The number of Topliss-reactive ketones (excluding diaryl/α,β-unsaturated/α-hetero) is 1. The van der Waals surface area contributed by atoms with Gasteiger partial charge in [-0.25, -0.2) is 0 Å². The van der Waals surface area contributed by atoms with Crippen molar-refractivity contribution < 1.29 is 19.7 Å². The number of phenolic OH excluding ortho intramolecular Hbond substituents is 2. The topological polar surface area (TPSA) is 66.8 Å². The highest BCUT2D eigenvalue weighted by atomic mass is 79.9. The van der Waals surface area contributed by atoms with Crippen molar-refractivity contribution in [1.29, 1.82) is 0 Å². The van der Waals surface area contributed by atoms with Gasteiger partial charge in [-0.1, -0.05) is 6.07 Å². The fourth-order valence-corrected chi connectivity index (χ4v) is 2.34. The van der Waals surface area contributed by atoms with Gasteiger partial charge in [-0.15, -0.1) is 0 Å². The molecule has 0 aliphatic carbocycles. The van der Waals surface area contributed by atoms with Gasteiger partial charge in [0.2, 0.25) is 5.78 Å². The molecule has 0 spiro atoms. The number of phenols is 2. The van der Waals surface area contributed by atoms with E-state index in [9.17, 15) is 15.0 Å². The van der Waals surface area contributed by atoms with Crippen molar-refractivity contribution >= 4 is 27.8 Å². The molecule has 0 fully saturated rings. The van der Waals surface area contributed by atoms with Gasteiger partial charge in [0.25, 0.3) is 0 Å². The Labute approximate surface area is 123 Å². The molecule has 100 valence electrons. The van der Waals surface area contributed by atoms with Gasteiger partial charge in [0.05, 0.1) is 10.0 Å². The molecule has 0 aromatic heterocycles. The molecule has 4 nitrogen and oxygen atoms in total. The highest BCUT2D eigenvalue weighted by molar-refractivity contribution is 9.10. The van der Waals surface area contributed by atoms with E-state index in [1.807, 2.05) is 0 Å². The molecule has 1 aliphatic rings. The smallest absolute Gasteiger partial charge is 0.231 e. The number of benzene rings is 2. The average Bonchev–Trinajstić information content (AvgIpc) is 2.70. The second-order valence-electron chi connectivity index (χ2n) is 4.33. The molecular weight excluding hydrogens is 324 g/mol. The quantitative estimate of drug-likeness (QED) is 0.784. The Kier molecular flexibility index (Phi) is 2.99. The van der Waals surface area contributed by atoms with Gasteiger partial charge < -0.3 is 14.9 Å². The number of hydrogen-bond acceptors (Lipinski definition) is 4. The fourth-order valence-electron chi connectivity index (χ4n) is 1.94. The standard InChI is InChI=1S/C15H9BrO4/c16-11-5-8(1-4-12(11)18)6-14-15(19)10-3-2-9(17)7-13(10)20-14/h1-7,17-18H. The maximum absolute atomic E-state index is 12.1. The van der Waals surface area contributed by atoms with E-state index in [2.05, 4.69) is 15.9 Å². The van der Waals surface area contributed by atoms with E-state index in [0.29, 0.717) is 15.8 Å². The summed E-state index contributed by atoms with van der Waals surface area (Å²) in [5.74, 6) is 0.468. The maximum atomic E-state index is 12.1. The Bertz CT molecular complexity index is 750. The zero-order chi connectivity index (χ0) is 14.3. The number of ether oxygens (including phenoxy) is 1. The normalized spacial score (nSPS) is 15.2. The molecular formula is C15H9BrO4. The van der Waals surface area contributed by atoms with E-state index in [4.69, 9.17) is 4.74 Å². The van der Waals surface area contributed by atoms with Crippen molar-refractivity contribution in [2.45, 2.75) is 0 Å². The Morgan fingerprint density at radius 1 is 1.10 bits per heavy atom. The SMILES string of the molecule is O=C1C(=Cc2ccc(O)c(Br)c2)Oc2cc(O)ccc21. The zero-order valence-corrected chi connectivity index (χ0v) is 11.7. The molecule has 5 heteroatoms.